The average molecular weight is 291 g/mol. The standard InChI is InChI=1S/C10H8BrFO4/c1-16-4-6-7(11)2-5(3-8(6)12)9(13)10(14)15/h2-3H,4H2,1H3,(H,14,15). The maximum atomic E-state index is 13.5. The topological polar surface area (TPSA) is 63.6 Å². The zero-order chi connectivity index (χ0) is 12.3. The number of halogens is 2. The molecule has 1 aromatic rings. The van der Waals surface area contributed by atoms with Gasteiger partial charge in [-0.15, -0.1) is 0 Å². The number of methoxy groups -OCH3 is 1. The summed E-state index contributed by atoms with van der Waals surface area (Å²) < 4.78 is 18.5. The normalized spacial score (nSPS) is 10.2. The Labute approximate surface area is 99.2 Å². The number of carboxylic acids is 1. The van der Waals surface area contributed by atoms with Crippen molar-refractivity contribution >= 4 is 27.7 Å². The second-order valence-electron chi connectivity index (χ2n) is 2.99. The number of ketones is 1. The van der Waals surface area contributed by atoms with Gasteiger partial charge >= 0.3 is 5.97 Å². The predicted octanol–water partition coefficient (Wildman–Crippen LogP) is 2.00. The first-order chi connectivity index (χ1) is 7.47. The summed E-state index contributed by atoms with van der Waals surface area (Å²) in [5.74, 6) is -3.45. The number of carbonyl (C=O) groups excluding carboxylic acids is 1. The van der Waals surface area contributed by atoms with E-state index in [0.717, 1.165) is 6.07 Å². The van der Waals surface area contributed by atoms with Crippen molar-refractivity contribution in [3.8, 4) is 0 Å². The van der Waals surface area contributed by atoms with Crippen molar-refractivity contribution in [1.29, 1.82) is 0 Å². The van der Waals surface area contributed by atoms with E-state index in [0.29, 0.717) is 4.47 Å². The van der Waals surface area contributed by atoms with E-state index in [1.54, 1.807) is 0 Å². The van der Waals surface area contributed by atoms with Crippen molar-refractivity contribution in [3.63, 3.8) is 0 Å². The third kappa shape index (κ3) is 2.65. The SMILES string of the molecule is COCc1c(F)cc(C(=O)C(=O)O)cc1Br. The first-order valence-electron chi connectivity index (χ1n) is 4.21. The van der Waals surface area contributed by atoms with Crippen molar-refractivity contribution in [2.24, 2.45) is 0 Å². The fourth-order valence-electron chi connectivity index (χ4n) is 1.14. The summed E-state index contributed by atoms with van der Waals surface area (Å²) in [5, 5.41) is 8.48. The van der Waals surface area contributed by atoms with Crippen LogP contribution in [-0.4, -0.2) is 24.0 Å². The Morgan fingerprint density at radius 1 is 1.50 bits per heavy atom. The molecule has 0 heterocycles. The fourth-order valence-corrected chi connectivity index (χ4v) is 1.69. The number of Topliss-reactive ketones (excluding diaryl/α,β-unsaturated/α-hetero) is 1. The monoisotopic (exact) mass is 290 g/mol. The summed E-state index contributed by atoms with van der Waals surface area (Å²) in [7, 11) is 1.40. The van der Waals surface area contributed by atoms with Crippen LogP contribution in [0.5, 0.6) is 0 Å². The molecule has 0 saturated heterocycles. The van der Waals surface area contributed by atoms with Gasteiger partial charge in [-0.25, -0.2) is 9.18 Å². The Balaban J connectivity index is 3.19. The molecule has 0 spiro atoms. The van der Waals surface area contributed by atoms with Crippen LogP contribution in [0.1, 0.15) is 15.9 Å². The number of carboxylic acid groups (broad SMARTS) is 1. The lowest BCUT2D eigenvalue weighted by Gasteiger charge is -2.06. The van der Waals surface area contributed by atoms with Crippen LogP contribution in [0.15, 0.2) is 16.6 Å². The highest BCUT2D eigenvalue weighted by Crippen LogP contribution is 2.23. The number of ether oxygens (including phenoxy) is 1. The van der Waals surface area contributed by atoms with Gasteiger partial charge in [-0.2, -0.15) is 0 Å². The molecule has 0 fully saturated rings. The van der Waals surface area contributed by atoms with Crippen LogP contribution in [0.4, 0.5) is 4.39 Å². The summed E-state index contributed by atoms with van der Waals surface area (Å²) in [6.45, 7) is 0.0357. The highest BCUT2D eigenvalue weighted by Gasteiger charge is 2.18. The summed E-state index contributed by atoms with van der Waals surface area (Å²) in [6.07, 6.45) is 0. The van der Waals surface area contributed by atoms with Gasteiger partial charge in [-0.05, 0) is 12.1 Å². The number of aliphatic carboxylic acids is 1. The molecule has 1 aromatic carbocycles. The van der Waals surface area contributed by atoms with Crippen molar-refractivity contribution in [2.75, 3.05) is 7.11 Å². The highest BCUT2D eigenvalue weighted by molar-refractivity contribution is 9.10. The minimum atomic E-state index is -1.62. The summed E-state index contributed by atoms with van der Waals surface area (Å²) in [4.78, 5) is 21.5. The van der Waals surface area contributed by atoms with E-state index in [2.05, 4.69) is 15.9 Å². The van der Waals surface area contributed by atoms with Crippen LogP contribution in [0.25, 0.3) is 0 Å². The average Bonchev–Trinajstić information content (AvgIpc) is 2.21. The third-order valence-electron chi connectivity index (χ3n) is 1.89. The molecule has 0 aliphatic rings. The van der Waals surface area contributed by atoms with Gasteiger partial charge in [0, 0.05) is 22.7 Å². The first-order valence-corrected chi connectivity index (χ1v) is 5.01. The van der Waals surface area contributed by atoms with E-state index in [-0.39, 0.29) is 17.7 Å². The second-order valence-corrected chi connectivity index (χ2v) is 3.84. The van der Waals surface area contributed by atoms with Gasteiger partial charge in [-0.1, -0.05) is 15.9 Å². The van der Waals surface area contributed by atoms with Gasteiger partial charge in [0.05, 0.1) is 6.61 Å². The van der Waals surface area contributed by atoms with Gasteiger partial charge in [0.15, 0.2) is 0 Å². The fraction of sp³-hybridized carbons (Fsp3) is 0.200. The molecule has 0 unspecified atom stereocenters. The Morgan fingerprint density at radius 3 is 2.56 bits per heavy atom. The van der Waals surface area contributed by atoms with E-state index in [1.165, 1.54) is 13.2 Å². The minimum Gasteiger partial charge on any atom is -0.475 e. The lowest BCUT2D eigenvalue weighted by atomic mass is 10.1. The number of hydrogen-bond acceptors (Lipinski definition) is 3. The Morgan fingerprint density at radius 2 is 2.12 bits per heavy atom. The molecule has 1 rings (SSSR count). The molecule has 0 bridgehead atoms. The lowest BCUT2D eigenvalue weighted by Crippen LogP contribution is -2.13. The molecule has 6 heteroatoms. The molecule has 0 amide bonds. The molecule has 0 atom stereocenters. The molecule has 0 saturated carbocycles. The molecule has 0 aliphatic heterocycles. The molecule has 1 N–H and O–H groups in total. The van der Waals surface area contributed by atoms with Crippen molar-refractivity contribution in [2.45, 2.75) is 6.61 Å². The van der Waals surface area contributed by atoms with Crippen LogP contribution >= 0.6 is 15.9 Å². The largest absolute Gasteiger partial charge is 0.475 e. The Bertz CT molecular complexity index is 421. The summed E-state index contributed by atoms with van der Waals surface area (Å²) in [5.41, 5.74) is 0.0289. The summed E-state index contributed by atoms with van der Waals surface area (Å²) in [6, 6.07) is 2.14. The number of rotatable bonds is 4. The number of benzene rings is 1. The third-order valence-corrected chi connectivity index (χ3v) is 2.59. The van der Waals surface area contributed by atoms with E-state index >= 15 is 0 Å². The van der Waals surface area contributed by atoms with E-state index in [4.69, 9.17) is 9.84 Å². The molecule has 0 radical (unpaired) electrons. The quantitative estimate of drug-likeness (QED) is 0.680. The molecule has 4 nitrogen and oxygen atoms in total. The van der Waals surface area contributed by atoms with Gasteiger partial charge in [0.1, 0.15) is 5.82 Å². The Kier molecular flexibility index (Phi) is 4.14. The van der Waals surface area contributed by atoms with Gasteiger partial charge in [0.25, 0.3) is 5.78 Å². The molecular formula is C10H8BrFO4. The Hall–Kier alpha value is -1.27. The molecule has 86 valence electrons. The maximum Gasteiger partial charge on any atom is 0.377 e. The molecular weight excluding hydrogens is 283 g/mol. The number of hydrogen-bond donors (Lipinski definition) is 1. The summed E-state index contributed by atoms with van der Waals surface area (Å²) >= 11 is 3.05. The minimum absolute atomic E-state index is 0.0357. The lowest BCUT2D eigenvalue weighted by molar-refractivity contribution is -0.131. The number of carbonyl (C=O) groups is 2. The maximum absolute atomic E-state index is 13.5. The van der Waals surface area contributed by atoms with Crippen molar-refractivity contribution in [1.82, 2.24) is 0 Å². The van der Waals surface area contributed by atoms with Crippen LogP contribution in [0, 0.1) is 5.82 Å². The van der Waals surface area contributed by atoms with Crippen LogP contribution in [0.3, 0.4) is 0 Å². The second kappa shape index (κ2) is 5.18. The van der Waals surface area contributed by atoms with Gasteiger partial charge in [-0.3, -0.25) is 4.79 Å². The smallest absolute Gasteiger partial charge is 0.377 e. The van der Waals surface area contributed by atoms with E-state index < -0.39 is 17.6 Å². The van der Waals surface area contributed by atoms with Gasteiger partial charge in [0.2, 0.25) is 0 Å². The molecule has 0 aromatic heterocycles. The van der Waals surface area contributed by atoms with Crippen LogP contribution < -0.4 is 0 Å². The van der Waals surface area contributed by atoms with E-state index in [1.807, 2.05) is 0 Å². The molecule has 0 aliphatic carbocycles. The zero-order valence-corrected chi connectivity index (χ0v) is 9.88. The van der Waals surface area contributed by atoms with Crippen molar-refractivity contribution in [3.05, 3.63) is 33.5 Å². The van der Waals surface area contributed by atoms with Crippen molar-refractivity contribution < 1.29 is 23.8 Å². The van der Waals surface area contributed by atoms with Gasteiger partial charge < -0.3 is 9.84 Å². The predicted molar refractivity (Wildman–Crippen MR) is 56.8 cm³/mol. The highest BCUT2D eigenvalue weighted by atomic mass is 79.9. The zero-order valence-electron chi connectivity index (χ0n) is 8.29. The molecule has 16 heavy (non-hydrogen) atoms. The first kappa shape index (κ1) is 12.8. The van der Waals surface area contributed by atoms with E-state index in [9.17, 15) is 14.0 Å². The van der Waals surface area contributed by atoms with Crippen LogP contribution in [-0.2, 0) is 16.1 Å². The van der Waals surface area contributed by atoms with Crippen LogP contribution in [0.2, 0.25) is 0 Å².